The monoisotopic (exact) mass is 353 g/mol. The summed E-state index contributed by atoms with van der Waals surface area (Å²) in [6, 6.07) is 8.54. The highest BCUT2D eigenvalue weighted by Crippen LogP contribution is 2.19. The second kappa shape index (κ2) is 8.25. The van der Waals surface area contributed by atoms with Crippen molar-refractivity contribution in [3.05, 3.63) is 35.9 Å². The van der Waals surface area contributed by atoms with Crippen molar-refractivity contribution in [2.45, 2.75) is 26.2 Å². The summed E-state index contributed by atoms with van der Waals surface area (Å²) in [4.78, 5) is 24.1. The SMILES string of the molecule is CCCS(=O)(=O)N1CCCC(C(=O)NNC(=O)c2ccccc2)C1. The molecular formula is C16H23N3O4S. The van der Waals surface area contributed by atoms with Crippen molar-refractivity contribution in [2.75, 3.05) is 18.8 Å². The molecule has 0 spiro atoms. The van der Waals surface area contributed by atoms with E-state index in [4.69, 9.17) is 0 Å². The maximum atomic E-state index is 12.2. The van der Waals surface area contributed by atoms with E-state index in [1.54, 1.807) is 30.3 Å². The van der Waals surface area contributed by atoms with Crippen LogP contribution in [0.1, 0.15) is 36.5 Å². The molecular weight excluding hydrogens is 330 g/mol. The lowest BCUT2D eigenvalue weighted by Gasteiger charge is -2.31. The third kappa shape index (κ3) is 4.78. The van der Waals surface area contributed by atoms with E-state index < -0.39 is 21.8 Å². The van der Waals surface area contributed by atoms with Gasteiger partial charge in [0.1, 0.15) is 0 Å². The minimum atomic E-state index is -3.31. The molecule has 1 aromatic carbocycles. The first kappa shape index (κ1) is 18.4. The highest BCUT2D eigenvalue weighted by Gasteiger charge is 2.31. The zero-order valence-electron chi connectivity index (χ0n) is 13.7. The number of rotatable bonds is 5. The number of hydrazine groups is 1. The van der Waals surface area contributed by atoms with Gasteiger partial charge in [0.05, 0.1) is 11.7 Å². The molecule has 1 saturated heterocycles. The van der Waals surface area contributed by atoms with E-state index in [0.717, 1.165) is 0 Å². The lowest BCUT2D eigenvalue weighted by atomic mass is 9.99. The Kier molecular flexibility index (Phi) is 6.33. The van der Waals surface area contributed by atoms with E-state index in [2.05, 4.69) is 10.9 Å². The summed E-state index contributed by atoms with van der Waals surface area (Å²) in [6.07, 6.45) is 1.78. The average Bonchev–Trinajstić information content (AvgIpc) is 2.60. The molecule has 2 amide bonds. The fourth-order valence-corrected chi connectivity index (χ4v) is 4.27. The van der Waals surface area contributed by atoms with Crippen LogP contribution >= 0.6 is 0 Å². The summed E-state index contributed by atoms with van der Waals surface area (Å²) in [5.74, 6) is -1.14. The van der Waals surface area contributed by atoms with Crippen LogP contribution in [0.2, 0.25) is 0 Å². The summed E-state index contributed by atoms with van der Waals surface area (Å²) >= 11 is 0. The lowest BCUT2D eigenvalue weighted by molar-refractivity contribution is -0.126. The Labute approximate surface area is 142 Å². The second-order valence-electron chi connectivity index (χ2n) is 5.82. The summed E-state index contributed by atoms with van der Waals surface area (Å²) in [7, 11) is -3.31. The average molecular weight is 353 g/mol. The molecule has 1 unspecified atom stereocenters. The van der Waals surface area contributed by atoms with Crippen LogP contribution < -0.4 is 10.9 Å². The first-order chi connectivity index (χ1) is 11.4. The van der Waals surface area contributed by atoms with Crippen LogP contribution in [0.3, 0.4) is 0 Å². The standard InChI is InChI=1S/C16H23N3O4S/c1-2-11-24(22,23)19-10-6-9-14(12-19)16(21)18-17-15(20)13-7-4-3-5-8-13/h3-5,7-8,14H,2,6,9-12H2,1H3,(H,17,20)(H,18,21). The maximum Gasteiger partial charge on any atom is 0.269 e. The van der Waals surface area contributed by atoms with Crippen LogP contribution in [-0.2, 0) is 14.8 Å². The number of carbonyl (C=O) groups excluding carboxylic acids is 2. The van der Waals surface area contributed by atoms with E-state index in [9.17, 15) is 18.0 Å². The molecule has 132 valence electrons. The van der Waals surface area contributed by atoms with Crippen LogP contribution in [0.15, 0.2) is 30.3 Å². The molecule has 0 aliphatic carbocycles. The third-order valence-corrected chi connectivity index (χ3v) is 5.99. The molecule has 1 aromatic rings. The fraction of sp³-hybridized carbons (Fsp3) is 0.500. The zero-order valence-corrected chi connectivity index (χ0v) is 14.5. The summed E-state index contributed by atoms with van der Waals surface area (Å²) < 4.78 is 25.6. The number of hydrogen-bond acceptors (Lipinski definition) is 4. The zero-order chi connectivity index (χ0) is 17.6. The van der Waals surface area contributed by atoms with Crippen LogP contribution in [0, 0.1) is 5.92 Å². The quantitative estimate of drug-likeness (QED) is 0.769. The molecule has 2 N–H and O–H groups in total. The number of benzene rings is 1. The molecule has 7 nitrogen and oxygen atoms in total. The van der Waals surface area contributed by atoms with E-state index in [1.807, 2.05) is 6.92 Å². The van der Waals surface area contributed by atoms with Gasteiger partial charge in [-0.25, -0.2) is 12.7 Å². The molecule has 0 saturated carbocycles. The Balaban J connectivity index is 1.89. The Hall–Kier alpha value is -1.93. The van der Waals surface area contributed by atoms with E-state index in [-0.39, 0.29) is 18.2 Å². The van der Waals surface area contributed by atoms with Gasteiger partial charge in [0.15, 0.2) is 0 Å². The smallest absolute Gasteiger partial charge is 0.269 e. The molecule has 1 atom stereocenters. The van der Waals surface area contributed by atoms with Gasteiger partial charge in [-0.1, -0.05) is 25.1 Å². The largest absolute Gasteiger partial charge is 0.273 e. The maximum absolute atomic E-state index is 12.2. The number of nitrogens with one attached hydrogen (secondary N) is 2. The Morgan fingerprint density at radius 3 is 2.58 bits per heavy atom. The minimum Gasteiger partial charge on any atom is -0.273 e. The van der Waals surface area contributed by atoms with Gasteiger partial charge in [-0.05, 0) is 31.4 Å². The van der Waals surface area contributed by atoms with Crippen molar-refractivity contribution >= 4 is 21.8 Å². The van der Waals surface area contributed by atoms with Crippen molar-refractivity contribution < 1.29 is 18.0 Å². The van der Waals surface area contributed by atoms with Gasteiger partial charge < -0.3 is 0 Å². The minimum absolute atomic E-state index is 0.0894. The molecule has 8 heteroatoms. The number of hydrogen-bond donors (Lipinski definition) is 2. The highest BCUT2D eigenvalue weighted by atomic mass is 32.2. The van der Waals surface area contributed by atoms with Gasteiger partial charge in [0, 0.05) is 18.7 Å². The van der Waals surface area contributed by atoms with Gasteiger partial charge in [-0.3, -0.25) is 20.4 Å². The van der Waals surface area contributed by atoms with Gasteiger partial charge in [-0.15, -0.1) is 0 Å². The topological polar surface area (TPSA) is 95.6 Å². The second-order valence-corrected chi connectivity index (χ2v) is 7.91. The van der Waals surface area contributed by atoms with Crippen LogP contribution in [0.4, 0.5) is 0 Å². The molecule has 1 fully saturated rings. The van der Waals surface area contributed by atoms with Gasteiger partial charge in [0.25, 0.3) is 5.91 Å². The predicted molar refractivity (Wildman–Crippen MR) is 90.4 cm³/mol. The number of sulfonamides is 1. The molecule has 24 heavy (non-hydrogen) atoms. The summed E-state index contributed by atoms with van der Waals surface area (Å²) in [6.45, 7) is 2.42. The first-order valence-corrected chi connectivity index (χ1v) is 9.68. The van der Waals surface area contributed by atoms with Crippen molar-refractivity contribution in [1.82, 2.24) is 15.2 Å². The third-order valence-electron chi connectivity index (χ3n) is 3.95. The first-order valence-electron chi connectivity index (χ1n) is 8.07. The normalized spacial score (nSPS) is 18.8. The number of piperidine rings is 1. The van der Waals surface area contributed by atoms with Crippen LogP contribution in [-0.4, -0.2) is 43.4 Å². The molecule has 1 aliphatic heterocycles. The highest BCUT2D eigenvalue weighted by molar-refractivity contribution is 7.89. The number of carbonyl (C=O) groups is 2. The Bertz CT molecular complexity index is 676. The van der Waals surface area contributed by atoms with Crippen molar-refractivity contribution in [3.63, 3.8) is 0 Å². The van der Waals surface area contributed by atoms with Gasteiger partial charge in [-0.2, -0.15) is 0 Å². The Morgan fingerprint density at radius 2 is 1.92 bits per heavy atom. The fourth-order valence-electron chi connectivity index (χ4n) is 2.68. The van der Waals surface area contributed by atoms with Gasteiger partial charge >= 0.3 is 0 Å². The predicted octanol–water partition coefficient (Wildman–Crippen LogP) is 0.899. The molecule has 2 rings (SSSR count). The molecule has 0 aromatic heterocycles. The number of nitrogens with zero attached hydrogens (tertiary/aromatic N) is 1. The van der Waals surface area contributed by atoms with E-state index in [1.165, 1.54) is 4.31 Å². The molecule has 1 heterocycles. The molecule has 1 aliphatic rings. The molecule has 0 radical (unpaired) electrons. The summed E-state index contributed by atoms with van der Waals surface area (Å²) in [5, 5.41) is 0. The van der Waals surface area contributed by atoms with Crippen molar-refractivity contribution in [1.29, 1.82) is 0 Å². The van der Waals surface area contributed by atoms with Gasteiger partial charge in [0.2, 0.25) is 15.9 Å². The Morgan fingerprint density at radius 1 is 1.21 bits per heavy atom. The van der Waals surface area contributed by atoms with Crippen molar-refractivity contribution in [3.8, 4) is 0 Å². The summed E-state index contributed by atoms with van der Waals surface area (Å²) in [5.41, 5.74) is 5.20. The van der Waals surface area contributed by atoms with Crippen molar-refractivity contribution in [2.24, 2.45) is 5.92 Å². The van der Waals surface area contributed by atoms with Crippen LogP contribution in [0.5, 0.6) is 0 Å². The molecule has 0 bridgehead atoms. The van der Waals surface area contributed by atoms with E-state index in [0.29, 0.717) is 31.4 Å². The lowest BCUT2D eigenvalue weighted by Crippen LogP contribution is -2.50. The number of amides is 2. The van der Waals surface area contributed by atoms with E-state index >= 15 is 0 Å². The van der Waals surface area contributed by atoms with Crippen LogP contribution in [0.25, 0.3) is 0 Å².